The van der Waals surface area contributed by atoms with E-state index >= 15 is 0 Å². The van der Waals surface area contributed by atoms with Crippen LogP contribution in [-0.4, -0.2) is 71.0 Å². The molecule has 0 bridgehead atoms. The normalized spacial score (nSPS) is 31.6. The molecule has 3 rings (SSSR count). The Balaban J connectivity index is 2.17. The summed E-state index contributed by atoms with van der Waals surface area (Å²) in [4.78, 5) is 42.2. The lowest BCUT2D eigenvalue weighted by molar-refractivity contribution is -0.252. The molecule has 0 aliphatic carbocycles. The van der Waals surface area contributed by atoms with Crippen molar-refractivity contribution in [2.75, 3.05) is 6.61 Å². The highest BCUT2D eigenvalue weighted by atomic mass is 16.6. The van der Waals surface area contributed by atoms with E-state index in [1.165, 1.54) is 0 Å². The van der Waals surface area contributed by atoms with Gasteiger partial charge in [-0.1, -0.05) is 0 Å². The first-order valence-electron chi connectivity index (χ1n) is 6.62. The number of imidazole rings is 1. The number of nitrogens with one attached hydrogen (secondary N) is 3. The largest absolute Gasteiger partial charge is 0.394 e. The van der Waals surface area contributed by atoms with E-state index in [1.54, 1.807) is 0 Å². The van der Waals surface area contributed by atoms with Crippen LogP contribution in [-0.2, 0) is 4.74 Å². The van der Waals surface area contributed by atoms with Gasteiger partial charge in [0.1, 0.15) is 30.1 Å². The van der Waals surface area contributed by atoms with Crippen LogP contribution in [0.25, 0.3) is 11.2 Å². The predicted octanol–water partition coefficient (Wildman–Crippen LogP) is -4.32. The summed E-state index contributed by atoms with van der Waals surface area (Å²) in [7, 11) is 0. The average molecular weight is 330 g/mol. The van der Waals surface area contributed by atoms with Crippen molar-refractivity contribution < 1.29 is 25.2 Å². The van der Waals surface area contributed by atoms with Crippen LogP contribution in [0.1, 0.15) is 6.23 Å². The molecular weight excluding hydrogens is 316 g/mol. The summed E-state index contributed by atoms with van der Waals surface area (Å²) in [6, 6.07) is 0. The Labute approximate surface area is 125 Å². The first-order chi connectivity index (χ1) is 10.8. The summed E-state index contributed by atoms with van der Waals surface area (Å²) in [5.74, 6) is 0. The van der Waals surface area contributed by atoms with Crippen molar-refractivity contribution in [1.82, 2.24) is 19.5 Å². The third-order valence-electron chi connectivity index (χ3n) is 3.73. The van der Waals surface area contributed by atoms with Crippen LogP contribution in [0.15, 0.2) is 14.4 Å². The Kier molecular flexibility index (Phi) is 3.69. The molecule has 1 unspecified atom stereocenters. The van der Waals surface area contributed by atoms with Crippen LogP contribution in [0.4, 0.5) is 0 Å². The molecule has 23 heavy (non-hydrogen) atoms. The zero-order valence-electron chi connectivity index (χ0n) is 11.5. The average Bonchev–Trinajstić information content (AvgIpc) is 2.87. The van der Waals surface area contributed by atoms with Gasteiger partial charge in [0, 0.05) is 0 Å². The molecule has 12 nitrogen and oxygen atoms in total. The molecule has 1 fully saturated rings. The van der Waals surface area contributed by atoms with Gasteiger partial charge >= 0.3 is 11.4 Å². The Hall–Kier alpha value is -2.25. The van der Waals surface area contributed by atoms with E-state index < -0.39 is 54.2 Å². The minimum atomic E-state index is -1.81. The number of H-pyrrole nitrogens is 3. The maximum Gasteiger partial charge on any atom is 0.332 e. The van der Waals surface area contributed by atoms with Crippen LogP contribution >= 0.6 is 0 Å². The van der Waals surface area contributed by atoms with E-state index in [-0.39, 0.29) is 11.2 Å². The van der Waals surface area contributed by atoms with Gasteiger partial charge in [-0.15, -0.1) is 0 Å². The van der Waals surface area contributed by atoms with Gasteiger partial charge in [0.15, 0.2) is 11.7 Å². The topological polar surface area (TPSA) is 194 Å². The van der Waals surface area contributed by atoms with E-state index in [2.05, 4.69) is 15.0 Å². The van der Waals surface area contributed by atoms with Crippen LogP contribution in [0.2, 0.25) is 0 Å². The molecule has 0 aromatic carbocycles. The summed E-state index contributed by atoms with van der Waals surface area (Å²) >= 11 is 0. The zero-order valence-corrected chi connectivity index (χ0v) is 11.5. The second-order valence-electron chi connectivity index (χ2n) is 5.15. The number of aliphatic hydroxyl groups excluding tert-OH is 4. The summed E-state index contributed by atoms with van der Waals surface area (Å²) in [5, 5.41) is 38.6. The third-order valence-corrected chi connectivity index (χ3v) is 3.73. The van der Waals surface area contributed by atoms with Crippen molar-refractivity contribution in [3.8, 4) is 0 Å². The lowest BCUT2D eigenvalue weighted by Gasteiger charge is -2.39. The van der Waals surface area contributed by atoms with Crippen molar-refractivity contribution >= 4 is 11.2 Å². The molecule has 1 aliphatic rings. The van der Waals surface area contributed by atoms with E-state index in [0.29, 0.717) is 4.57 Å². The highest BCUT2D eigenvalue weighted by Gasteiger charge is 2.45. The molecule has 2 aromatic heterocycles. The molecule has 0 spiro atoms. The minimum absolute atomic E-state index is 0.133. The molecule has 7 N–H and O–H groups in total. The maximum atomic E-state index is 12.3. The first-order valence-corrected chi connectivity index (χ1v) is 6.62. The number of aliphatic hydroxyl groups is 4. The summed E-state index contributed by atoms with van der Waals surface area (Å²) in [6.45, 7) is -0.711. The van der Waals surface area contributed by atoms with Gasteiger partial charge in [0.25, 0.3) is 5.56 Å². The number of hydrogen-bond donors (Lipinski definition) is 7. The SMILES string of the molecule is O=c1[nH]c2[nH]c(=O)n(C3O[C@@H](CO)[C@@H](O)[C@H](O)[C@@H]3O)c(=O)c2[nH]1. The van der Waals surface area contributed by atoms with Gasteiger partial charge in [-0.05, 0) is 0 Å². The monoisotopic (exact) mass is 330 g/mol. The Morgan fingerprint density at radius 3 is 2.35 bits per heavy atom. The number of ether oxygens (including phenoxy) is 1. The number of rotatable bonds is 2. The molecule has 12 heteroatoms. The van der Waals surface area contributed by atoms with E-state index in [0.717, 1.165) is 0 Å². The molecule has 3 heterocycles. The molecule has 0 radical (unpaired) electrons. The molecule has 0 saturated carbocycles. The number of aromatic nitrogens is 4. The van der Waals surface area contributed by atoms with Crippen molar-refractivity contribution in [3.63, 3.8) is 0 Å². The zero-order chi connectivity index (χ0) is 16.9. The highest BCUT2D eigenvalue weighted by molar-refractivity contribution is 5.67. The molecule has 1 saturated heterocycles. The minimum Gasteiger partial charge on any atom is -0.394 e. The lowest BCUT2D eigenvalue weighted by atomic mass is 9.98. The van der Waals surface area contributed by atoms with E-state index in [4.69, 9.17) is 9.84 Å². The Bertz CT molecular complexity index is 892. The molecule has 5 atom stereocenters. The quantitative estimate of drug-likeness (QED) is 0.287. The summed E-state index contributed by atoms with van der Waals surface area (Å²) < 4.78 is 5.62. The number of aromatic amines is 3. The summed E-state index contributed by atoms with van der Waals surface area (Å²) in [6.07, 6.45) is -8.14. The van der Waals surface area contributed by atoms with Crippen molar-refractivity contribution in [2.24, 2.45) is 0 Å². The first kappa shape index (κ1) is 15.6. The Morgan fingerprint density at radius 2 is 1.70 bits per heavy atom. The fourth-order valence-corrected chi connectivity index (χ4v) is 2.54. The third kappa shape index (κ3) is 2.32. The fraction of sp³-hybridized carbons (Fsp3) is 0.545. The maximum absolute atomic E-state index is 12.3. The van der Waals surface area contributed by atoms with Gasteiger partial charge < -0.3 is 25.2 Å². The molecule has 0 amide bonds. The van der Waals surface area contributed by atoms with Gasteiger partial charge in [-0.2, -0.15) is 0 Å². The van der Waals surface area contributed by atoms with Gasteiger partial charge in [-0.3, -0.25) is 19.7 Å². The number of nitrogens with zero attached hydrogens (tertiary/aromatic N) is 1. The van der Waals surface area contributed by atoms with E-state index in [9.17, 15) is 29.7 Å². The Morgan fingerprint density at radius 1 is 1.00 bits per heavy atom. The molecule has 126 valence electrons. The summed E-state index contributed by atoms with van der Waals surface area (Å²) in [5.41, 5.74) is -3.11. The van der Waals surface area contributed by atoms with Crippen LogP contribution in [0.3, 0.4) is 0 Å². The number of hydrogen-bond acceptors (Lipinski definition) is 8. The van der Waals surface area contributed by atoms with Crippen molar-refractivity contribution in [2.45, 2.75) is 30.6 Å². The predicted molar refractivity (Wildman–Crippen MR) is 72.8 cm³/mol. The second kappa shape index (κ2) is 5.43. The van der Waals surface area contributed by atoms with Gasteiger partial charge in [0.05, 0.1) is 6.61 Å². The van der Waals surface area contributed by atoms with Gasteiger partial charge in [0.2, 0.25) is 0 Å². The van der Waals surface area contributed by atoms with Crippen molar-refractivity contribution in [1.29, 1.82) is 0 Å². The van der Waals surface area contributed by atoms with Crippen molar-refractivity contribution in [3.05, 3.63) is 31.3 Å². The van der Waals surface area contributed by atoms with Crippen LogP contribution in [0.5, 0.6) is 0 Å². The smallest absolute Gasteiger partial charge is 0.332 e. The van der Waals surface area contributed by atoms with Crippen LogP contribution < -0.4 is 16.9 Å². The fourth-order valence-electron chi connectivity index (χ4n) is 2.54. The van der Waals surface area contributed by atoms with Gasteiger partial charge in [-0.25, -0.2) is 14.2 Å². The highest BCUT2D eigenvalue weighted by Crippen LogP contribution is 2.26. The standard InChI is InChI=1S/C11H14N4O8/c16-1-2-4(17)5(18)6(19)9(23-2)15-8(20)3-7(14-11(15)22)13-10(21)12-3/h2,4-6,9,16-19H,1H2,(H,14,22)(H2,12,13,21)/t2-,4+,5-,6-,9?/m0/s1. The second-order valence-corrected chi connectivity index (χ2v) is 5.15. The van der Waals surface area contributed by atoms with E-state index in [1.807, 2.05) is 0 Å². The molecular formula is C11H14N4O8. The van der Waals surface area contributed by atoms with Crippen LogP contribution in [0, 0.1) is 0 Å². The molecule has 1 aliphatic heterocycles. The lowest BCUT2D eigenvalue weighted by Crippen LogP contribution is -2.59. The molecule has 2 aromatic rings. The number of fused-ring (bicyclic) bond motifs is 1.